The summed E-state index contributed by atoms with van der Waals surface area (Å²) in [5.41, 5.74) is 1.68. The average molecular weight is 474 g/mol. The Labute approximate surface area is 186 Å². The normalized spacial score (nSPS) is 15.1. The van der Waals surface area contributed by atoms with Crippen LogP contribution in [0.5, 0.6) is 0 Å². The summed E-state index contributed by atoms with van der Waals surface area (Å²) in [4.78, 5) is 0.251. The summed E-state index contributed by atoms with van der Waals surface area (Å²) in [6.45, 7) is 2.17. The number of hydrogen-bond acceptors (Lipinski definition) is 4. The second-order valence-electron chi connectivity index (χ2n) is 6.41. The summed E-state index contributed by atoms with van der Waals surface area (Å²) in [6, 6.07) is 11.9. The van der Waals surface area contributed by atoms with Crippen LogP contribution in [0, 0.1) is 0 Å². The lowest BCUT2D eigenvalue weighted by molar-refractivity contribution is 0.0730. The second kappa shape index (κ2) is 10.1. The van der Waals surface area contributed by atoms with Crippen LogP contribution in [0.15, 0.2) is 47.4 Å². The van der Waals surface area contributed by atoms with Gasteiger partial charge >= 0.3 is 0 Å². The summed E-state index contributed by atoms with van der Waals surface area (Å²) in [7, 11) is -3.50. The highest BCUT2D eigenvalue weighted by atomic mass is 35.5. The quantitative estimate of drug-likeness (QED) is 0.625. The zero-order valence-corrected chi connectivity index (χ0v) is 18.7. The molecule has 0 amide bonds. The van der Waals surface area contributed by atoms with Gasteiger partial charge in [0.25, 0.3) is 0 Å². The lowest BCUT2D eigenvalue weighted by Crippen LogP contribution is -2.40. The Morgan fingerprint density at radius 2 is 1.79 bits per heavy atom. The summed E-state index contributed by atoms with van der Waals surface area (Å²) < 4.78 is 31.9. The van der Waals surface area contributed by atoms with Crippen molar-refractivity contribution in [2.24, 2.45) is 0 Å². The number of nitrogens with one attached hydrogen (secondary N) is 2. The fraction of sp³-hybridized carbons (Fsp3) is 0.316. The summed E-state index contributed by atoms with van der Waals surface area (Å²) in [5.74, 6) is 0. The van der Waals surface area contributed by atoms with Crippen LogP contribution in [0.25, 0.3) is 0 Å². The molecule has 156 valence electrons. The van der Waals surface area contributed by atoms with Crippen LogP contribution in [0.4, 0.5) is 5.69 Å². The minimum Gasteiger partial charge on any atom is -0.379 e. The van der Waals surface area contributed by atoms with Crippen LogP contribution in [0.1, 0.15) is 5.56 Å². The van der Waals surface area contributed by atoms with Crippen molar-refractivity contribution in [3.63, 3.8) is 0 Å². The van der Waals surface area contributed by atoms with E-state index in [1.807, 2.05) is 6.07 Å². The van der Waals surface area contributed by atoms with Crippen molar-refractivity contribution in [2.45, 2.75) is 11.3 Å². The van der Waals surface area contributed by atoms with Gasteiger partial charge in [0, 0.05) is 35.4 Å². The molecular weight excluding hydrogens is 453 g/mol. The lowest BCUT2D eigenvalue weighted by atomic mass is 10.1. The Bertz CT molecular complexity index is 963. The number of thiocarbonyl (C=S) groups is 1. The molecule has 0 atom stereocenters. The topological polar surface area (TPSA) is 70.7 Å². The molecule has 1 heterocycles. The molecule has 6 nitrogen and oxygen atoms in total. The van der Waals surface area contributed by atoms with Gasteiger partial charge in [-0.2, -0.15) is 4.31 Å². The molecule has 29 heavy (non-hydrogen) atoms. The van der Waals surface area contributed by atoms with E-state index in [-0.39, 0.29) is 4.90 Å². The molecule has 2 aromatic rings. The van der Waals surface area contributed by atoms with Crippen LogP contribution in [0.2, 0.25) is 10.0 Å². The molecule has 1 aliphatic heterocycles. The summed E-state index contributed by atoms with van der Waals surface area (Å²) >= 11 is 17.4. The van der Waals surface area contributed by atoms with E-state index in [9.17, 15) is 8.42 Å². The molecule has 3 rings (SSSR count). The van der Waals surface area contributed by atoms with Crippen molar-refractivity contribution in [1.29, 1.82) is 0 Å². The largest absolute Gasteiger partial charge is 0.379 e. The maximum Gasteiger partial charge on any atom is 0.243 e. The van der Waals surface area contributed by atoms with Gasteiger partial charge in [0.2, 0.25) is 10.0 Å². The van der Waals surface area contributed by atoms with Crippen LogP contribution in [-0.2, 0) is 21.2 Å². The van der Waals surface area contributed by atoms with E-state index in [1.54, 1.807) is 36.4 Å². The van der Waals surface area contributed by atoms with E-state index in [4.69, 9.17) is 40.2 Å². The Hall–Kier alpha value is -1.42. The predicted octanol–water partition coefficient (Wildman–Crippen LogP) is 3.54. The minimum absolute atomic E-state index is 0.251. The monoisotopic (exact) mass is 473 g/mol. The van der Waals surface area contributed by atoms with Gasteiger partial charge in [0.1, 0.15) is 0 Å². The number of rotatable bonds is 6. The highest BCUT2D eigenvalue weighted by Gasteiger charge is 2.26. The molecule has 0 radical (unpaired) electrons. The SMILES string of the molecule is O=S(=O)(c1ccc(NC(=S)NCCc2ccc(Cl)cc2Cl)cc1)N1CCOCC1. The Morgan fingerprint density at radius 1 is 1.10 bits per heavy atom. The van der Waals surface area contributed by atoms with Crippen LogP contribution < -0.4 is 10.6 Å². The zero-order valence-electron chi connectivity index (χ0n) is 15.5. The number of hydrogen-bond donors (Lipinski definition) is 2. The number of morpholine rings is 1. The first-order valence-corrected chi connectivity index (χ1v) is 11.6. The van der Waals surface area contributed by atoms with Gasteiger partial charge in [-0.15, -0.1) is 0 Å². The smallest absolute Gasteiger partial charge is 0.243 e. The van der Waals surface area contributed by atoms with Crippen molar-refractivity contribution in [3.05, 3.63) is 58.1 Å². The number of anilines is 1. The van der Waals surface area contributed by atoms with Crippen molar-refractivity contribution >= 4 is 56.2 Å². The second-order valence-corrected chi connectivity index (χ2v) is 9.60. The third-order valence-corrected chi connectivity index (χ3v) is 7.16. The molecular formula is C19H21Cl2N3O3S2. The molecule has 0 saturated carbocycles. The molecule has 0 unspecified atom stereocenters. The maximum atomic E-state index is 12.6. The Balaban J connectivity index is 1.52. The van der Waals surface area contributed by atoms with Crippen molar-refractivity contribution in [1.82, 2.24) is 9.62 Å². The van der Waals surface area contributed by atoms with Gasteiger partial charge in [0.15, 0.2) is 5.11 Å². The van der Waals surface area contributed by atoms with E-state index >= 15 is 0 Å². The number of ether oxygens (including phenoxy) is 1. The summed E-state index contributed by atoms with van der Waals surface area (Å²) in [6.07, 6.45) is 0.689. The maximum absolute atomic E-state index is 12.6. The number of halogens is 2. The van der Waals surface area contributed by atoms with Gasteiger partial charge in [-0.1, -0.05) is 29.3 Å². The lowest BCUT2D eigenvalue weighted by Gasteiger charge is -2.26. The van der Waals surface area contributed by atoms with Crippen molar-refractivity contribution in [3.8, 4) is 0 Å². The van der Waals surface area contributed by atoms with Crippen LogP contribution in [-0.4, -0.2) is 50.7 Å². The van der Waals surface area contributed by atoms with E-state index in [0.29, 0.717) is 60.1 Å². The average Bonchev–Trinajstić information content (AvgIpc) is 2.71. The molecule has 0 aliphatic carbocycles. The van der Waals surface area contributed by atoms with E-state index in [2.05, 4.69) is 10.6 Å². The number of sulfonamides is 1. The van der Waals surface area contributed by atoms with E-state index in [0.717, 1.165) is 5.56 Å². The van der Waals surface area contributed by atoms with E-state index in [1.165, 1.54) is 4.31 Å². The van der Waals surface area contributed by atoms with Gasteiger partial charge in [0.05, 0.1) is 18.1 Å². The van der Waals surface area contributed by atoms with Crippen LogP contribution in [0.3, 0.4) is 0 Å². The molecule has 0 spiro atoms. The predicted molar refractivity (Wildman–Crippen MR) is 120 cm³/mol. The number of nitrogens with zero attached hydrogens (tertiary/aromatic N) is 1. The molecule has 1 fully saturated rings. The fourth-order valence-electron chi connectivity index (χ4n) is 2.86. The summed E-state index contributed by atoms with van der Waals surface area (Å²) in [5, 5.41) is 7.82. The fourth-order valence-corrected chi connectivity index (χ4v) is 4.99. The Kier molecular flexibility index (Phi) is 7.72. The third kappa shape index (κ3) is 6.04. The highest BCUT2D eigenvalue weighted by molar-refractivity contribution is 7.89. The first kappa shape index (κ1) is 22.3. The third-order valence-electron chi connectivity index (χ3n) is 4.42. The zero-order chi connectivity index (χ0) is 20.9. The standard InChI is InChI=1S/C19H21Cl2N3O3S2/c20-15-2-1-14(18(21)13-15)7-8-22-19(28)23-16-3-5-17(6-4-16)29(25,26)24-9-11-27-12-10-24/h1-6,13H,7-12H2,(H2,22,23,28). The molecule has 2 N–H and O–H groups in total. The molecule has 1 saturated heterocycles. The molecule has 0 aromatic heterocycles. The molecule has 10 heteroatoms. The van der Waals surface area contributed by atoms with Crippen LogP contribution >= 0.6 is 35.4 Å². The molecule has 2 aromatic carbocycles. The van der Waals surface area contributed by atoms with E-state index < -0.39 is 10.0 Å². The first-order chi connectivity index (χ1) is 13.9. The first-order valence-electron chi connectivity index (χ1n) is 9.03. The molecule has 0 bridgehead atoms. The number of benzene rings is 2. The van der Waals surface area contributed by atoms with Gasteiger partial charge in [-0.25, -0.2) is 8.42 Å². The minimum atomic E-state index is -3.50. The van der Waals surface area contributed by atoms with Crippen molar-refractivity contribution in [2.75, 3.05) is 38.2 Å². The van der Waals surface area contributed by atoms with Gasteiger partial charge in [-0.3, -0.25) is 0 Å². The van der Waals surface area contributed by atoms with Gasteiger partial charge < -0.3 is 15.4 Å². The molecule has 1 aliphatic rings. The Morgan fingerprint density at radius 3 is 2.45 bits per heavy atom. The van der Waals surface area contributed by atoms with Gasteiger partial charge in [-0.05, 0) is 60.6 Å². The van der Waals surface area contributed by atoms with Crippen molar-refractivity contribution < 1.29 is 13.2 Å². The highest BCUT2D eigenvalue weighted by Crippen LogP contribution is 2.21.